The number of hydrogen-bond donors (Lipinski definition) is 0. The van der Waals surface area contributed by atoms with E-state index in [2.05, 4.69) is 14.9 Å². The number of aromatic nitrogens is 2. The van der Waals surface area contributed by atoms with Gasteiger partial charge >= 0.3 is 0 Å². The van der Waals surface area contributed by atoms with Gasteiger partial charge in [-0.15, -0.1) is 0 Å². The van der Waals surface area contributed by atoms with Gasteiger partial charge in [0.1, 0.15) is 16.8 Å². The first-order chi connectivity index (χ1) is 9.60. The van der Waals surface area contributed by atoms with E-state index in [1.807, 2.05) is 27.7 Å². The molecule has 0 aliphatic rings. The second-order valence-corrected chi connectivity index (χ2v) is 4.75. The molecule has 0 spiro atoms. The SMILES string of the molecule is CCOCCN(CCOCC)c1nc(C)nc(Cl)c1C. The third-order valence-electron chi connectivity index (χ3n) is 2.89. The van der Waals surface area contributed by atoms with E-state index in [0.29, 0.717) is 37.4 Å². The lowest BCUT2D eigenvalue weighted by atomic mass is 10.3. The van der Waals surface area contributed by atoms with Gasteiger partial charge in [-0.2, -0.15) is 0 Å². The molecule has 0 fully saturated rings. The molecule has 1 heterocycles. The zero-order valence-electron chi connectivity index (χ0n) is 12.8. The first kappa shape index (κ1) is 17.1. The maximum absolute atomic E-state index is 6.15. The fourth-order valence-corrected chi connectivity index (χ4v) is 2.06. The minimum Gasteiger partial charge on any atom is -0.380 e. The molecule has 5 nitrogen and oxygen atoms in total. The predicted octanol–water partition coefficient (Wildman–Crippen LogP) is 2.63. The molecule has 1 rings (SSSR count). The zero-order valence-corrected chi connectivity index (χ0v) is 13.5. The molecule has 0 unspecified atom stereocenters. The lowest BCUT2D eigenvalue weighted by Gasteiger charge is -2.25. The summed E-state index contributed by atoms with van der Waals surface area (Å²) in [5.41, 5.74) is 0.894. The molecule has 0 bridgehead atoms. The summed E-state index contributed by atoms with van der Waals surface area (Å²) in [5.74, 6) is 1.54. The summed E-state index contributed by atoms with van der Waals surface area (Å²) in [7, 11) is 0. The van der Waals surface area contributed by atoms with Crippen LogP contribution in [0, 0.1) is 13.8 Å². The van der Waals surface area contributed by atoms with Crippen LogP contribution in [0.25, 0.3) is 0 Å². The average molecular weight is 302 g/mol. The Morgan fingerprint density at radius 2 is 1.55 bits per heavy atom. The summed E-state index contributed by atoms with van der Waals surface area (Å²) in [4.78, 5) is 10.8. The summed E-state index contributed by atoms with van der Waals surface area (Å²) < 4.78 is 10.9. The van der Waals surface area contributed by atoms with Crippen LogP contribution in [0.3, 0.4) is 0 Å². The molecule has 0 amide bonds. The fraction of sp³-hybridized carbons (Fsp3) is 0.714. The van der Waals surface area contributed by atoms with Crippen molar-refractivity contribution in [2.45, 2.75) is 27.7 Å². The van der Waals surface area contributed by atoms with Crippen LogP contribution in [-0.2, 0) is 9.47 Å². The minimum atomic E-state index is 0.505. The smallest absolute Gasteiger partial charge is 0.137 e. The van der Waals surface area contributed by atoms with E-state index in [-0.39, 0.29) is 0 Å². The normalized spacial score (nSPS) is 10.8. The van der Waals surface area contributed by atoms with Gasteiger partial charge in [0.05, 0.1) is 13.2 Å². The van der Waals surface area contributed by atoms with Crippen molar-refractivity contribution in [2.75, 3.05) is 44.4 Å². The van der Waals surface area contributed by atoms with E-state index in [1.165, 1.54) is 0 Å². The third-order valence-corrected chi connectivity index (χ3v) is 3.26. The van der Waals surface area contributed by atoms with Crippen molar-refractivity contribution < 1.29 is 9.47 Å². The van der Waals surface area contributed by atoms with Gasteiger partial charge < -0.3 is 14.4 Å². The van der Waals surface area contributed by atoms with E-state index in [4.69, 9.17) is 21.1 Å². The maximum atomic E-state index is 6.15. The Kier molecular flexibility index (Phi) is 7.80. The monoisotopic (exact) mass is 301 g/mol. The van der Waals surface area contributed by atoms with Crippen molar-refractivity contribution in [2.24, 2.45) is 0 Å². The second-order valence-electron chi connectivity index (χ2n) is 4.39. The average Bonchev–Trinajstić information content (AvgIpc) is 2.41. The summed E-state index contributed by atoms with van der Waals surface area (Å²) in [6.45, 7) is 12.0. The molecule has 0 radical (unpaired) electrons. The Hall–Kier alpha value is -0.910. The van der Waals surface area contributed by atoms with Crippen LogP contribution >= 0.6 is 11.6 Å². The topological polar surface area (TPSA) is 47.5 Å². The van der Waals surface area contributed by atoms with Crippen LogP contribution in [0.2, 0.25) is 5.15 Å². The molecule has 0 saturated carbocycles. The van der Waals surface area contributed by atoms with Gasteiger partial charge in [0.25, 0.3) is 0 Å². The van der Waals surface area contributed by atoms with E-state index in [1.54, 1.807) is 0 Å². The van der Waals surface area contributed by atoms with Crippen molar-refractivity contribution >= 4 is 17.4 Å². The number of hydrogen-bond acceptors (Lipinski definition) is 5. The first-order valence-electron chi connectivity index (χ1n) is 7.01. The standard InChI is InChI=1S/C14H24ClN3O2/c1-5-19-9-7-18(8-10-20-6-2)14-11(3)13(15)16-12(4)17-14/h5-10H2,1-4H3. The van der Waals surface area contributed by atoms with Crippen LogP contribution in [0.15, 0.2) is 0 Å². The molecule has 114 valence electrons. The molecule has 0 N–H and O–H groups in total. The number of rotatable bonds is 9. The maximum Gasteiger partial charge on any atom is 0.137 e. The number of halogens is 1. The highest BCUT2D eigenvalue weighted by molar-refractivity contribution is 6.30. The number of nitrogens with zero attached hydrogens (tertiary/aromatic N) is 3. The second kappa shape index (κ2) is 9.10. The Balaban J connectivity index is 2.84. The lowest BCUT2D eigenvalue weighted by Crippen LogP contribution is -2.32. The molecule has 6 heteroatoms. The van der Waals surface area contributed by atoms with Crippen LogP contribution in [0.5, 0.6) is 0 Å². The van der Waals surface area contributed by atoms with Gasteiger partial charge in [-0.1, -0.05) is 11.6 Å². The van der Waals surface area contributed by atoms with Crippen molar-refractivity contribution in [3.8, 4) is 0 Å². The molecule has 0 aromatic carbocycles. The highest BCUT2D eigenvalue weighted by atomic mass is 35.5. The van der Waals surface area contributed by atoms with Gasteiger partial charge in [-0.3, -0.25) is 0 Å². The van der Waals surface area contributed by atoms with Crippen molar-refractivity contribution in [1.82, 2.24) is 9.97 Å². The highest BCUT2D eigenvalue weighted by Crippen LogP contribution is 2.23. The summed E-state index contributed by atoms with van der Waals surface area (Å²) in [5, 5.41) is 0.505. The van der Waals surface area contributed by atoms with Gasteiger partial charge in [-0.05, 0) is 27.7 Å². The number of ether oxygens (including phenoxy) is 2. The van der Waals surface area contributed by atoms with E-state index in [0.717, 1.165) is 24.5 Å². The quantitative estimate of drug-likeness (QED) is 0.518. The Morgan fingerprint density at radius 1 is 1.00 bits per heavy atom. The van der Waals surface area contributed by atoms with E-state index in [9.17, 15) is 0 Å². The number of aryl methyl sites for hydroxylation is 1. The van der Waals surface area contributed by atoms with Gasteiger partial charge in [0.2, 0.25) is 0 Å². The summed E-state index contributed by atoms with van der Waals surface area (Å²) in [6, 6.07) is 0. The van der Waals surface area contributed by atoms with Crippen molar-refractivity contribution in [3.05, 3.63) is 16.5 Å². The number of anilines is 1. The first-order valence-corrected chi connectivity index (χ1v) is 7.39. The highest BCUT2D eigenvalue weighted by Gasteiger charge is 2.14. The van der Waals surface area contributed by atoms with Crippen LogP contribution < -0.4 is 4.90 Å². The molecule has 1 aromatic heterocycles. The van der Waals surface area contributed by atoms with Gasteiger partial charge in [0.15, 0.2) is 0 Å². The summed E-state index contributed by atoms with van der Waals surface area (Å²) in [6.07, 6.45) is 0. The minimum absolute atomic E-state index is 0.505. The van der Waals surface area contributed by atoms with Crippen LogP contribution in [-0.4, -0.2) is 49.5 Å². The Morgan fingerprint density at radius 3 is 2.05 bits per heavy atom. The predicted molar refractivity (Wildman–Crippen MR) is 81.7 cm³/mol. The summed E-state index contributed by atoms with van der Waals surface area (Å²) >= 11 is 6.15. The van der Waals surface area contributed by atoms with Crippen molar-refractivity contribution in [1.29, 1.82) is 0 Å². The molecule has 1 aromatic rings. The largest absolute Gasteiger partial charge is 0.380 e. The molecule has 0 aliphatic carbocycles. The van der Waals surface area contributed by atoms with Gasteiger partial charge in [-0.25, -0.2) is 9.97 Å². The molecule has 0 saturated heterocycles. The molecular weight excluding hydrogens is 278 g/mol. The van der Waals surface area contributed by atoms with E-state index >= 15 is 0 Å². The van der Waals surface area contributed by atoms with Crippen LogP contribution in [0.1, 0.15) is 25.2 Å². The molecule has 0 atom stereocenters. The molecular formula is C14H24ClN3O2. The Bertz CT molecular complexity index is 406. The Labute approximate surface area is 126 Å². The molecule has 0 aliphatic heterocycles. The van der Waals surface area contributed by atoms with Crippen LogP contribution in [0.4, 0.5) is 5.82 Å². The van der Waals surface area contributed by atoms with Gasteiger partial charge in [0, 0.05) is 31.9 Å². The zero-order chi connectivity index (χ0) is 15.0. The third kappa shape index (κ3) is 5.23. The fourth-order valence-electron chi connectivity index (χ4n) is 1.85. The van der Waals surface area contributed by atoms with Crippen molar-refractivity contribution in [3.63, 3.8) is 0 Å². The molecule has 20 heavy (non-hydrogen) atoms. The lowest BCUT2D eigenvalue weighted by molar-refractivity contribution is 0.141. The van der Waals surface area contributed by atoms with E-state index < -0.39 is 0 Å².